The summed E-state index contributed by atoms with van der Waals surface area (Å²) in [6.45, 7) is 2.23. The van der Waals surface area contributed by atoms with Crippen LogP contribution in [0.3, 0.4) is 0 Å². The highest BCUT2D eigenvalue weighted by molar-refractivity contribution is 5.93. The van der Waals surface area contributed by atoms with Crippen LogP contribution in [-0.4, -0.2) is 23.1 Å². The Hall–Kier alpha value is -2.04. The predicted octanol–water partition coefficient (Wildman–Crippen LogP) is 3.09. The molecule has 2 rings (SSSR count). The lowest BCUT2D eigenvalue weighted by Gasteiger charge is -2.26. The van der Waals surface area contributed by atoms with Gasteiger partial charge in [0.1, 0.15) is 0 Å². The quantitative estimate of drug-likeness (QED) is 0.793. The lowest BCUT2D eigenvalue weighted by Crippen LogP contribution is -2.39. The van der Waals surface area contributed by atoms with Crippen LogP contribution in [0, 0.1) is 5.92 Å². The van der Waals surface area contributed by atoms with E-state index in [4.69, 9.17) is 5.11 Å². The Balaban J connectivity index is 1.88. The zero-order valence-corrected chi connectivity index (χ0v) is 11.6. The van der Waals surface area contributed by atoms with Crippen molar-refractivity contribution in [1.82, 2.24) is 5.32 Å². The number of nitrogens with one attached hydrogen (secondary N) is 2. The van der Waals surface area contributed by atoms with E-state index >= 15 is 0 Å². The average Bonchev–Trinajstić information content (AvgIpc) is 2.41. The molecule has 1 aromatic carbocycles. The van der Waals surface area contributed by atoms with E-state index in [0.717, 1.165) is 31.6 Å². The van der Waals surface area contributed by atoms with Gasteiger partial charge in [-0.25, -0.2) is 9.59 Å². The van der Waals surface area contributed by atoms with Crippen molar-refractivity contribution in [2.24, 2.45) is 5.92 Å². The molecule has 1 saturated carbocycles. The van der Waals surface area contributed by atoms with Gasteiger partial charge in [-0.05, 0) is 49.8 Å². The van der Waals surface area contributed by atoms with Gasteiger partial charge in [-0.1, -0.05) is 13.0 Å². The smallest absolute Gasteiger partial charge is 0.335 e. The van der Waals surface area contributed by atoms with Crippen LogP contribution in [0.5, 0.6) is 0 Å². The van der Waals surface area contributed by atoms with Gasteiger partial charge in [-0.2, -0.15) is 0 Å². The van der Waals surface area contributed by atoms with Gasteiger partial charge in [0.2, 0.25) is 0 Å². The molecule has 1 aliphatic rings. The number of carbonyl (C=O) groups is 2. The molecule has 3 N–H and O–H groups in total. The second kappa shape index (κ2) is 6.41. The Morgan fingerprint density at radius 1 is 1.20 bits per heavy atom. The molecule has 108 valence electrons. The maximum atomic E-state index is 11.9. The summed E-state index contributed by atoms with van der Waals surface area (Å²) >= 11 is 0. The van der Waals surface area contributed by atoms with Crippen molar-refractivity contribution in [3.05, 3.63) is 29.8 Å². The van der Waals surface area contributed by atoms with Gasteiger partial charge in [-0.15, -0.1) is 0 Å². The molecule has 2 amide bonds. The Kier molecular flexibility index (Phi) is 4.61. The number of benzene rings is 1. The zero-order valence-electron chi connectivity index (χ0n) is 11.6. The predicted molar refractivity (Wildman–Crippen MR) is 77.0 cm³/mol. The van der Waals surface area contributed by atoms with Gasteiger partial charge in [0.15, 0.2) is 0 Å². The number of amides is 2. The maximum Gasteiger partial charge on any atom is 0.335 e. The van der Waals surface area contributed by atoms with Gasteiger partial charge < -0.3 is 15.7 Å². The summed E-state index contributed by atoms with van der Waals surface area (Å²) in [6.07, 6.45) is 4.28. The lowest BCUT2D eigenvalue weighted by atomic mass is 9.87. The fourth-order valence-electron chi connectivity index (χ4n) is 2.49. The minimum Gasteiger partial charge on any atom is -0.478 e. The largest absolute Gasteiger partial charge is 0.478 e. The highest BCUT2D eigenvalue weighted by atomic mass is 16.4. The van der Waals surface area contributed by atoms with E-state index in [1.807, 2.05) is 0 Å². The first-order chi connectivity index (χ1) is 9.54. The number of carbonyl (C=O) groups excluding carboxylic acids is 1. The number of urea groups is 1. The second-order valence-corrected chi connectivity index (χ2v) is 5.44. The van der Waals surface area contributed by atoms with Crippen molar-refractivity contribution in [3.63, 3.8) is 0 Å². The number of anilines is 1. The highest BCUT2D eigenvalue weighted by Crippen LogP contribution is 2.23. The molecule has 1 fully saturated rings. The molecule has 0 aliphatic heterocycles. The van der Waals surface area contributed by atoms with Crippen LogP contribution in [0.1, 0.15) is 43.0 Å². The fourth-order valence-corrected chi connectivity index (χ4v) is 2.49. The van der Waals surface area contributed by atoms with Crippen LogP contribution >= 0.6 is 0 Å². The first kappa shape index (κ1) is 14.4. The van der Waals surface area contributed by atoms with E-state index in [0.29, 0.717) is 5.69 Å². The van der Waals surface area contributed by atoms with Crippen LogP contribution in [0.4, 0.5) is 10.5 Å². The van der Waals surface area contributed by atoms with Gasteiger partial charge >= 0.3 is 12.0 Å². The monoisotopic (exact) mass is 276 g/mol. The minimum absolute atomic E-state index is 0.161. The summed E-state index contributed by atoms with van der Waals surface area (Å²) in [6, 6.07) is 6.18. The van der Waals surface area contributed by atoms with Crippen LogP contribution in [0.2, 0.25) is 0 Å². The van der Waals surface area contributed by atoms with E-state index in [-0.39, 0.29) is 17.6 Å². The second-order valence-electron chi connectivity index (χ2n) is 5.44. The normalized spacial score (nSPS) is 22.1. The van der Waals surface area contributed by atoms with Crippen LogP contribution in [0.15, 0.2) is 24.3 Å². The summed E-state index contributed by atoms with van der Waals surface area (Å²) < 4.78 is 0. The molecule has 0 heterocycles. The van der Waals surface area contributed by atoms with E-state index in [9.17, 15) is 9.59 Å². The number of carboxylic acid groups (broad SMARTS) is 1. The Labute approximate surface area is 118 Å². The summed E-state index contributed by atoms with van der Waals surface area (Å²) in [7, 11) is 0. The number of rotatable bonds is 3. The number of carboxylic acids is 1. The molecule has 20 heavy (non-hydrogen) atoms. The molecule has 0 spiro atoms. The van der Waals surface area contributed by atoms with Crippen LogP contribution in [-0.2, 0) is 0 Å². The van der Waals surface area contributed by atoms with Crippen molar-refractivity contribution >= 4 is 17.7 Å². The first-order valence-electron chi connectivity index (χ1n) is 6.95. The van der Waals surface area contributed by atoms with E-state index < -0.39 is 5.97 Å². The lowest BCUT2D eigenvalue weighted by molar-refractivity contribution is 0.0697. The van der Waals surface area contributed by atoms with E-state index in [2.05, 4.69) is 17.6 Å². The fraction of sp³-hybridized carbons (Fsp3) is 0.467. The molecule has 0 saturated heterocycles. The molecular formula is C15H20N2O3. The molecule has 1 aromatic rings. The molecule has 0 bridgehead atoms. The summed E-state index contributed by atoms with van der Waals surface area (Å²) in [4.78, 5) is 22.7. The van der Waals surface area contributed by atoms with Crippen molar-refractivity contribution in [3.8, 4) is 0 Å². The molecule has 0 radical (unpaired) electrons. The highest BCUT2D eigenvalue weighted by Gasteiger charge is 2.19. The minimum atomic E-state index is -1.00. The first-order valence-corrected chi connectivity index (χ1v) is 6.95. The van der Waals surface area contributed by atoms with Crippen LogP contribution in [0.25, 0.3) is 0 Å². The van der Waals surface area contributed by atoms with Gasteiger partial charge in [0.05, 0.1) is 5.56 Å². The van der Waals surface area contributed by atoms with Crippen molar-refractivity contribution in [2.45, 2.75) is 38.6 Å². The Morgan fingerprint density at radius 2 is 1.90 bits per heavy atom. The average molecular weight is 276 g/mol. The van der Waals surface area contributed by atoms with Crippen molar-refractivity contribution < 1.29 is 14.7 Å². The number of hydrogen-bond acceptors (Lipinski definition) is 2. The molecule has 5 nitrogen and oxygen atoms in total. The molecule has 0 aromatic heterocycles. The summed E-state index contributed by atoms with van der Waals surface area (Å²) in [5, 5.41) is 14.5. The number of hydrogen-bond donors (Lipinski definition) is 3. The molecular weight excluding hydrogens is 256 g/mol. The standard InChI is InChI=1S/C15H20N2O3/c1-10-5-7-12(8-6-10)16-15(20)17-13-4-2-3-11(9-13)14(18)19/h2-4,9-10,12H,5-8H2,1H3,(H,18,19)(H2,16,17,20)/t10-,12-. The molecule has 5 heteroatoms. The maximum absolute atomic E-state index is 11.9. The van der Waals surface area contributed by atoms with E-state index in [1.165, 1.54) is 12.1 Å². The molecule has 1 aliphatic carbocycles. The Morgan fingerprint density at radius 3 is 2.55 bits per heavy atom. The topological polar surface area (TPSA) is 78.4 Å². The van der Waals surface area contributed by atoms with Gasteiger partial charge in [-0.3, -0.25) is 0 Å². The van der Waals surface area contributed by atoms with E-state index in [1.54, 1.807) is 12.1 Å². The van der Waals surface area contributed by atoms with Crippen molar-refractivity contribution in [1.29, 1.82) is 0 Å². The summed E-state index contributed by atoms with van der Waals surface area (Å²) in [5.41, 5.74) is 0.654. The third kappa shape index (κ3) is 3.98. The number of aromatic carboxylic acids is 1. The molecule has 0 unspecified atom stereocenters. The Bertz CT molecular complexity index is 494. The third-order valence-electron chi connectivity index (χ3n) is 3.72. The summed E-state index contributed by atoms with van der Waals surface area (Å²) in [5.74, 6) is -0.265. The third-order valence-corrected chi connectivity index (χ3v) is 3.72. The molecule has 0 atom stereocenters. The zero-order chi connectivity index (χ0) is 14.5. The van der Waals surface area contributed by atoms with Crippen LogP contribution < -0.4 is 10.6 Å². The van der Waals surface area contributed by atoms with Gasteiger partial charge in [0, 0.05) is 11.7 Å². The SMILES string of the molecule is C[C@H]1CC[C@H](NC(=O)Nc2cccc(C(=O)O)c2)CC1. The van der Waals surface area contributed by atoms with Crippen molar-refractivity contribution in [2.75, 3.05) is 5.32 Å². The van der Waals surface area contributed by atoms with Gasteiger partial charge in [0.25, 0.3) is 0 Å².